The van der Waals surface area contributed by atoms with Crippen molar-refractivity contribution in [3.05, 3.63) is 33.8 Å². The van der Waals surface area contributed by atoms with Crippen LogP contribution in [-0.2, 0) is 11.2 Å². The molecule has 0 aromatic heterocycles. The predicted octanol–water partition coefficient (Wildman–Crippen LogP) is 2.74. The molecule has 1 saturated heterocycles. The predicted molar refractivity (Wildman–Crippen MR) is 83.7 cm³/mol. The monoisotopic (exact) mass is 314 g/mol. The second kappa shape index (κ2) is 6.90. The van der Waals surface area contributed by atoms with Crippen molar-refractivity contribution in [3.8, 4) is 0 Å². The zero-order valence-corrected chi connectivity index (χ0v) is 13.4. The Hall–Kier alpha value is -0.610. The van der Waals surface area contributed by atoms with E-state index in [4.69, 9.17) is 23.2 Å². The number of carbonyl (C=O) groups is 1. The third-order valence-corrected chi connectivity index (χ3v) is 4.43. The summed E-state index contributed by atoms with van der Waals surface area (Å²) in [4.78, 5) is 16.8. The van der Waals surface area contributed by atoms with Gasteiger partial charge in [-0.25, -0.2) is 0 Å². The lowest BCUT2D eigenvalue weighted by Gasteiger charge is -2.37. The van der Waals surface area contributed by atoms with Crippen LogP contribution in [0.3, 0.4) is 0 Å². The summed E-state index contributed by atoms with van der Waals surface area (Å²) in [6.07, 6.45) is 0.948. The van der Waals surface area contributed by atoms with Crippen molar-refractivity contribution < 1.29 is 4.79 Å². The Kier molecular flexibility index (Phi) is 5.44. The standard InChI is InChI=1S/C15H20Cl2N2O/c1-18-5-6-19(2)13(10-18)9-14(20)7-11-3-4-12(16)8-15(11)17/h3-4,8,13H,5-7,9-10H2,1-2H3. The molecular weight excluding hydrogens is 295 g/mol. The fraction of sp³-hybridized carbons (Fsp3) is 0.533. The molecule has 0 radical (unpaired) electrons. The highest BCUT2D eigenvalue weighted by Gasteiger charge is 2.24. The third kappa shape index (κ3) is 4.19. The number of halogens is 2. The summed E-state index contributed by atoms with van der Waals surface area (Å²) in [5.41, 5.74) is 0.855. The second-order valence-corrected chi connectivity index (χ2v) is 6.40. The van der Waals surface area contributed by atoms with Gasteiger partial charge in [0, 0.05) is 48.6 Å². The van der Waals surface area contributed by atoms with Crippen molar-refractivity contribution in [2.45, 2.75) is 18.9 Å². The molecule has 1 aromatic rings. The molecule has 20 heavy (non-hydrogen) atoms. The van der Waals surface area contributed by atoms with E-state index in [1.165, 1.54) is 0 Å². The normalized spacial score (nSPS) is 21.1. The van der Waals surface area contributed by atoms with Gasteiger partial charge in [0.1, 0.15) is 5.78 Å². The van der Waals surface area contributed by atoms with E-state index in [-0.39, 0.29) is 5.78 Å². The van der Waals surface area contributed by atoms with Crippen molar-refractivity contribution in [2.24, 2.45) is 0 Å². The van der Waals surface area contributed by atoms with Gasteiger partial charge in [0.2, 0.25) is 0 Å². The van der Waals surface area contributed by atoms with Crippen molar-refractivity contribution in [1.82, 2.24) is 9.80 Å². The SMILES string of the molecule is CN1CCN(C)C(CC(=O)Cc2ccc(Cl)cc2Cl)C1. The van der Waals surface area contributed by atoms with Crippen molar-refractivity contribution >= 4 is 29.0 Å². The van der Waals surface area contributed by atoms with Gasteiger partial charge < -0.3 is 9.80 Å². The van der Waals surface area contributed by atoms with E-state index < -0.39 is 0 Å². The molecule has 1 heterocycles. The Morgan fingerprint density at radius 3 is 2.75 bits per heavy atom. The number of Topliss-reactive ketones (excluding diaryl/α,β-unsaturated/α-hetero) is 1. The molecular formula is C15H20Cl2N2O. The summed E-state index contributed by atoms with van der Waals surface area (Å²) in [5, 5.41) is 1.17. The number of benzene rings is 1. The molecule has 0 saturated carbocycles. The minimum absolute atomic E-state index is 0.223. The minimum Gasteiger partial charge on any atom is -0.304 e. The van der Waals surface area contributed by atoms with E-state index in [1.54, 1.807) is 12.1 Å². The molecule has 3 nitrogen and oxygen atoms in total. The number of rotatable bonds is 4. The van der Waals surface area contributed by atoms with Gasteiger partial charge in [0.15, 0.2) is 0 Å². The quantitative estimate of drug-likeness (QED) is 0.853. The van der Waals surface area contributed by atoms with Crippen LogP contribution in [0.5, 0.6) is 0 Å². The molecule has 2 rings (SSSR count). The summed E-state index contributed by atoms with van der Waals surface area (Å²) >= 11 is 12.0. The lowest BCUT2D eigenvalue weighted by Crippen LogP contribution is -2.50. The van der Waals surface area contributed by atoms with Gasteiger partial charge in [-0.05, 0) is 31.8 Å². The van der Waals surface area contributed by atoms with Gasteiger partial charge in [-0.3, -0.25) is 4.79 Å². The van der Waals surface area contributed by atoms with Crippen LogP contribution in [0, 0.1) is 0 Å². The minimum atomic E-state index is 0.223. The molecule has 5 heteroatoms. The van der Waals surface area contributed by atoms with Crippen molar-refractivity contribution in [1.29, 1.82) is 0 Å². The number of piperazine rings is 1. The molecule has 1 atom stereocenters. The number of hydrogen-bond acceptors (Lipinski definition) is 3. The van der Waals surface area contributed by atoms with Crippen LogP contribution in [0.15, 0.2) is 18.2 Å². The Bertz CT molecular complexity index is 493. The first-order valence-electron chi connectivity index (χ1n) is 6.80. The fourth-order valence-corrected chi connectivity index (χ4v) is 3.01. The van der Waals surface area contributed by atoms with E-state index in [9.17, 15) is 4.79 Å². The van der Waals surface area contributed by atoms with E-state index in [2.05, 4.69) is 23.9 Å². The Labute approximate surface area is 130 Å². The summed E-state index contributed by atoms with van der Waals surface area (Å²) < 4.78 is 0. The third-order valence-electron chi connectivity index (χ3n) is 3.85. The Morgan fingerprint density at radius 1 is 1.30 bits per heavy atom. The summed E-state index contributed by atoms with van der Waals surface area (Å²) in [6.45, 7) is 3.01. The van der Waals surface area contributed by atoms with Crippen LogP contribution in [0.2, 0.25) is 10.0 Å². The number of nitrogens with zero attached hydrogens (tertiary/aromatic N) is 2. The van der Waals surface area contributed by atoms with Crippen LogP contribution in [0.4, 0.5) is 0 Å². The smallest absolute Gasteiger partial charge is 0.138 e. The first-order valence-corrected chi connectivity index (χ1v) is 7.55. The molecule has 0 amide bonds. The van der Waals surface area contributed by atoms with Crippen LogP contribution in [0.25, 0.3) is 0 Å². The summed E-state index contributed by atoms with van der Waals surface area (Å²) in [7, 11) is 4.18. The maximum atomic E-state index is 12.2. The van der Waals surface area contributed by atoms with Gasteiger partial charge >= 0.3 is 0 Å². The largest absolute Gasteiger partial charge is 0.304 e. The maximum absolute atomic E-state index is 12.2. The van der Waals surface area contributed by atoms with E-state index in [0.717, 1.165) is 25.2 Å². The van der Waals surface area contributed by atoms with E-state index in [0.29, 0.717) is 28.9 Å². The van der Waals surface area contributed by atoms with Gasteiger partial charge in [-0.15, -0.1) is 0 Å². The zero-order valence-electron chi connectivity index (χ0n) is 11.9. The molecule has 1 fully saturated rings. The molecule has 1 unspecified atom stereocenters. The van der Waals surface area contributed by atoms with Gasteiger partial charge in [-0.1, -0.05) is 29.3 Å². The average Bonchev–Trinajstić information content (AvgIpc) is 2.37. The fourth-order valence-electron chi connectivity index (χ4n) is 2.53. The molecule has 1 aliphatic rings. The van der Waals surface area contributed by atoms with E-state index in [1.807, 2.05) is 6.07 Å². The zero-order chi connectivity index (χ0) is 14.7. The Morgan fingerprint density at radius 2 is 2.05 bits per heavy atom. The van der Waals surface area contributed by atoms with Gasteiger partial charge in [0.25, 0.3) is 0 Å². The molecule has 0 aliphatic carbocycles. The highest BCUT2D eigenvalue weighted by atomic mass is 35.5. The van der Waals surface area contributed by atoms with E-state index >= 15 is 0 Å². The van der Waals surface area contributed by atoms with Crippen LogP contribution in [0.1, 0.15) is 12.0 Å². The van der Waals surface area contributed by atoms with Crippen molar-refractivity contribution in [3.63, 3.8) is 0 Å². The van der Waals surface area contributed by atoms with Crippen LogP contribution in [-0.4, -0.2) is 55.4 Å². The lowest BCUT2D eigenvalue weighted by molar-refractivity contribution is -0.120. The number of likely N-dealkylation sites (N-methyl/N-ethyl adjacent to an activating group) is 2. The summed E-state index contributed by atoms with van der Waals surface area (Å²) in [5.74, 6) is 0.223. The van der Waals surface area contributed by atoms with Crippen LogP contribution >= 0.6 is 23.2 Å². The lowest BCUT2D eigenvalue weighted by atomic mass is 10.0. The van der Waals surface area contributed by atoms with Gasteiger partial charge in [0.05, 0.1) is 0 Å². The van der Waals surface area contributed by atoms with Crippen molar-refractivity contribution in [2.75, 3.05) is 33.7 Å². The average molecular weight is 315 g/mol. The number of hydrogen-bond donors (Lipinski definition) is 0. The summed E-state index contributed by atoms with van der Waals surface area (Å²) in [6, 6.07) is 5.59. The number of ketones is 1. The maximum Gasteiger partial charge on any atom is 0.138 e. The first-order chi connectivity index (χ1) is 9.45. The molecule has 0 N–H and O–H groups in total. The topological polar surface area (TPSA) is 23.6 Å². The molecule has 110 valence electrons. The first kappa shape index (κ1) is 15.8. The van der Waals surface area contributed by atoms with Crippen LogP contribution < -0.4 is 0 Å². The second-order valence-electron chi connectivity index (χ2n) is 5.55. The molecule has 1 aromatic carbocycles. The highest BCUT2D eigenvalue weighted by molar-refractivity contribution is 6.35. The van der Waals surface area contributed by atoms with Gasteiger partial charge in [-0.2, -0.15) is 0 Å². The molecule has 0 spiro atoms. The molecule has 0 bridgehead atoms. The number of carbonyl (C=O) groups excluding carboxylic acids is 1. The highest BCUT2D eigenvalue weighted by Crippen LogP contribution is 2.22. The Balaban J connectivity index is 1.94. The molecule has 1 aliphatic heterocycles.